The molecule has 0 unspecified atom stereocenters. The first-order chi connectivity index (χ1) is 11.6. The summed E-state index contributed by atoms with van der Waals surface area (Å²) in [5.74, 6) is 2.31. The second-order valence-electron chi connectivity index (χ2n) is 6.70. The zero-order chi connectivity index (χ0) is 17.1. The molecule has 2 aromatic heterocycles. The lowest BCUT2D eigenvalue weighted by atomic mass is 10.0. The number of likely N-dealkylation sites (N-methyl/N-ethyl adjacent to an activating group) is 1. The molecule has 0 saturated carbocycles. The summed E-state index contributed by atoms with van der Waals surface area (Å²) in [4.78, 5) is 13.3. The summed E-state index contributed by atoms with van der Waals surface area (Å²) < 4.78 is 5.18. The monoisotopic (exact) mass is 331 g/mol. The molecule has 0 spiro atoms. The molecule has 130 valence electrons. The number of aryl methyl sites for hydroxylation is 1. The summed E-state index contributed by atoms with van der Waals surface area (Å²) in [5, 5.41) is 13.4. The molecule has 2 aromatic rings. The molecule has 0 radical (unpaired) electrons. The molecule has 24 heavy (non-hydrogen) atoms. The molecule has 1 aliphatic heterocycles. The van der Waals surface area contributed by atoms with Crippen LogP contribution >= 0.6 is 0 Å². The molecule has 7 nitrogen and oxygen atoms in total. The number of nitrogens with zero attached hydrogens (tertiary/aromatic N) is 5. The molecule has 3 rings (SSSR count). The predicted octanol–water partition coefficient (Wildman–Crippen LogP) is 1.58. The number of hydrogen-bond acceptors (Lipinski definition) is 7. The number of aliphatic hydroxyl groups excluding tert-OH is 1. The van der Waals surface area contributed by atoms with Crippen molar-refractivity contribution in [2.24, 2.45) is 5.92 Å². The van der Waals surface area contributed by atoms with Gasteiger partial charge < -0.3 is 19.4 Å². The van der Waals surface area contributed by atoms with E-state index < -0.39 is 0 Å². The van der Waals surface area contributed by atoms with Gasteiger partial charge in [0.05, 0.1) is 5.56 Å². The van der Waals surface area contributed by atoms with Gasteiger partial charge in [0.1, 0.15) is 5.82 Å². The zero-order valence-corrected chi connectivity index (χ0v) is 14.5. The fraction of sp³-hybridized carbons (Fsp3) is 0.588. The molecule has 1 saturated heterocycles. The highest BCUT2D eigenvalue weighted by Crippen LogP contribution is 2.24. The molecule has 3 heterocycles. The van der Waals surface area contributed by atoms with E-state index in [1.54, 1.807) is 13.1 Å². The normalized spacial score (nSPS) is 22.0. The van der Waals surface area contributed by atoms with Crippen LogP contribution in [0.25, 0.3) is 11.5 Å². The minimum Gasteiger partial charge on any atom is -0.396 e. The third-order valence-electron chi connectivity index (χ3n) is 4.65. The van der Waals surface area contributed by atoms with Crippen LogP contribution < -0.4 is 4.90 Å². The van der Waals surface area contributed by atoms with Crippen molar-refractivity contribution in [3.63, 3.8) is 0 Å². The first-order valence-electron chi connectivity index (χ1n) is 8.35. The summed E-state index contributed by atoms with van der Waals surface area (Å²) in [6, 6.07) is 4.40. The highest BCUT2D eigenvalue weighted by molar-refractivity contribution is 5.54. The quantitative estimate of drug-likeness (QED) is 0.911. The van der Waals surface area contributed by atoms with Gasteiger partial charge in [0.15, 0.2) is 5.82 Å². The van der Waals surface area contributed by atoms with Gasteiger partial charge in [-0.25, -0.2) is 4.98 Å². The van der Waals surface area contributed by atoms with Crippen molar-refractivity contribution in [1.82, 2.24) is 20.0 Å². The Morgan fingerprint density at radius 2 is 2.12 bits per heavy atom. The predicted molar refractivity (Wildman–Crippen MR) is 91.8 cm³/mol. The topological polar surface area (TPSA) is 78.5 Å². The first-order valence-corrected chi connectivity index (χ1v) is 8.35. The van der Waals surface area contributed by atoms with Crippen LogP contribution in [0.1, 0.15) is 18.7 Å². The number of pyridine rings is 1. The minimum absolute atomic E-state index is 0.218. The van der Waals surface area contributed by atoms with Gasteiger partial charge in [-0.3, -0.25) is 0 Å². The lowest BCUT2D eigenvalue weighted by molar-refractivity contribution is 0.216. The van der Waals surface area contributed by atoms with E-state index in [-0.39, 0.29) is 12.5 Å². The Morgan fingerprint density at radius 1 is 1.29 bits per heavy atom. The van der Waals surface area contributed by atoms with Gasteiger partial charge >= 0.3 is 0 Å². The SMILES string of the molecule is Cc1noc(-c2ccc(N3C[C@@H](CO)CC[C@@H](N(C)C)C3)nc2)n1. The molecule has 7 heteroatoms. The summed E-state index contributed by atoms with van der Waals surface area (Å²) in [6.45, 7) is 3.75. The number of aromatic nitrogens is 3. The van der Waals surface area contributed by atoms with Gasteiger partial charge in [-0.2, -0.15) is 4.98 Å². The second-order valence-corrected chi connectivity index (χ2v) is 6.70. The Balaban J connectivity index is 1.80. The van der Waals surface area contributed by atoms with E-state index in [2.05, 4.69) is 39.0 Å². The van der Waals surface area contributed by atoms with Gasteiger partial charge in [-0.15, -0.1) is 0 Å². The molecule has 0 amide bonds. The number of aliphatic hydroxyl groups is 1. The lowest BCUT2D eigenvalue weighted by Crippen LogP contribution is -2.40. The van der Waals surface area contributed by atoms with E-state index in [0.29, 0.717) is 17.8 Å². The summed E-state index contributed by atoms with van der Waals surface area (Å²) in [5.41, 5.74) is 0.817. The van der Waals surface area contributed by atoms with Crippen molar-refractivity contribution in [1.29, 1.82) is 0 Å². The van der Waals surface area contributed by atoms with E-state index >= 15 is 0 Å². The van der Waals surface area contributed by atoms with Gasteiger partial charge in [0, 0.05) is 31.9 Å². The van der Waals surface area contributed by atoms with Crippen molar-refractivity contribution in [2.45, 2.75) is 25.8 Å². The Hall–Kier alpha value is -1.99. The Labute approximate surface area is 142 Å². The molecule has 0 aliphatic carbocycles. The van der Waals surface area contributed by atoms with Gasteiger partial charge in [0.2, 0.25) is 0 Å². The molecular formula is C17H25N5O2. The van der Waals surface area contributed by atoms with Crippen molar-refractivity contribution in [3.8, 4) is 11.5 Å². The first kappa shape index (κ1) is 16.9. The summed E-state index contributed by atoms with van der Waals surface area (Å²) in [7, 11) is 4.22. The highest BCUT2D eigenvalue weighted by atomic mass is 16.5. The highest BCUT2D eigenvalue weighted by Gasteiger charge is 2.25. The van der Waals surface area contributed by atoms with Gasteiger partial charge in [-0.05, 0) is 51.9 Å². The van der Waals surface area contributed by atoms with Crippen LogP contribution in [0.15, 0.2) is 22.9 Å². The minimum atomic E-state index is 0.218. The molecule has 2 atom stereocenters. The largest absolute Gasteiger partial charge is 0.396 e. The van der Waals surface area contributed by atoms with Crippen LogP contribution in [-0.4, -0.2) is 65.0 Å². The fourth-order valence-electron chi connectivity index (χ4n) is 3.12. The van der Waals surface area contributed by atoms with Gasteiger partial charge in [-0.1, -0.05) is 5.16 Å². The molecule has 1 N–H and O–H groups in total. The average molecular weight is 331 g/mol. The Morgan fingerprint density at radius 3 is 2.71 bits per heavy atom. The van der Waals surface area contributed by atoms with Crippen LogP contribution in [0.5, 0.6) is 0 Å². The average Bonchev–Trinajstić information content (AvgIpc) is 2.90. The van der Waals surface area contributed by atoms with E-state index in [4.69, 9.17) is 4.52 Å². The van der Waals surface area contributed by atoms with E-state index in [1.165, 1.54) is 0 Å². The van der Waals surface area contributed by atoms with E-state index in [1.807, 2.05) is 12.1 Å². The van der Waals surface area contributed by atoms with E-state index in [9.17, 15) is 5.11 Å². The maximum atomic E-state index is 9.61. The summed E-state index contributed by atoms with van der Waals surface area (Å²) >= 11 is 0. The molecule has 1 fully saturated rings. The summed E-state index contributed by atoms with van der Waals surface area (Å²) in [6.07, 6.45) is 3.90. The smallest absolute Gasteiger partial charge is 0.259 e. The Kier molecular flexibility index (Phi) is 5.11. The zero-order valence-electron chi connectivity index (χ0n) is 14.5. The van der Waals surface area contributed by atoms with Crippen LogP contribution in [0.3, 0.4) is 0 Å². The van der Waals surface area contributed by atoms with Crippen LogP contribution in [0.4, 0.5) is 5.82 Å². The number of hydrogen-bond donors (Lipinski definition) is 1. The van der Waals surface area contributed by atoms with Crippen LogP contribution in [0, 0.1) is 12.8 Å². The number of rotatable bonds is 4. The molecule has 1 aliphatic rings. The Bertz CT molecular complexity index is 655. The van der Waals surface area contributed by atoms with Crippen molar-refractivity contribution in [3.05, 3.63) is 24.2 Å². The van der Waals surface area contributed by atoms with Crippen LogP contribution in [-0.2, 0) is 0 Å². The van der Waals surface area contributed by atoms with Crippen molar-refractivity contribution in [2.75, 3.05) is 38.7 Å². The lowest BCUT2D eigenvalue weighted by Gasteiger charge is -2.29. The van der Waals surface area contributed by atoms with Crippen LogP contribution in [0.2, 0.25) is 0 Å². The van der Waals surface area contributed by atoms with Crippen molar-refractivity contribution < 1.29 is 9.63 Å². The van der Waals surface area contributed by atoms with Gasteiger partial charge in [0.25, 0.3) is 5.89 Å². The molecule has 0 aromatic carbocycles. The fourth-order valence-corrected chi connectivity index (χ4v) is 3.12. The van der Waals surface area contributed by atoms with E-state index in [0.717, 1.165) is 37.3 Å². The maximum absolute atomic E-state index is 9.61. The number of anilines is 1. The van der Waals surface area contributed by atoms with Crippen molar-refractivity contribution >= 4 is 5.82 Å². The molecule has 0 bridgehead atoms. The third kappa shape index (κ3) is 3.73. The maximum Gasteiger partial charge on any atom is 0.259 e. The standard InChI is InChI=1S/C17H25N5O2/c1-12-19-17(24-20-12)14-5-7-16(18-8-14)22-9-13(11-23)4-6-15(10-22)21(2)3/h5,7-8,13,15,23H,4,6,9-11H2,1-3H3/t13-,15+/m0/s1. The molecular weight excluding hydrogens is 306 g/mol. The second kappa shape index (κ2) is 7.27. The third-order valence-corrected chi connectivity index (χ3v) is 4.65.